The molecule has 134 valence electrons. The standard InChI is InChI=1S/C20H27N3O2/c1-2-4-19-17(3-1)13-21-23(19)18-7-10-22(15-18)14-16-5-8-20(9-6-16)24-11-12-25-20/h1-4,13,16,18H,5-12,14-15H2/t18-/m1/s1. The number of aromatic nitrogens is 2. The molecule has 2 aliphatic heterocycles. The molecule has 0 bridgehead atoms. The summed E-state index contributed by atoms with van der Waals surface area (Å²) < 4.78 is 14.0. The molecule has 3 aliphatic rings. The lowest BCUT2D eigenvalue weighted by atomic mass is 9.85. The van der Waals surface area contributed by atoms with Crippen LogP contribution in [0.1, 0.15) is 38.1 Å². The summed E-state index contributed by atoms with van der Waals surface area (Å²) >= 11 is 0. The molecule has 1 aromatic carbocycles. The maximum atomic E-state index is 5.86. The third kappa shape index (κ3) is 2.98. The molecular weight excluding hydrogens is 314 g/mol. The molecular formula is C20H27N3O2. The van der Waals surface area contributed by atoms with Crippen molar-refractivity contribution in [3.8, 4) is 0 Å². The molecule has 0 amide bonds. The van der Waals surface area contributed by atoms with E-state index in [9.17, 15) is 0 Å². The van der Waals surface area contributed by atoms with E-state index in [4.69, 9.17) is 9.47 Å². The van der Waals surface area contributed by atoms with Crippen molar-refractivity contribution in [3.63, 3.8) is 0 Å². The van der Waals surface area contributed by atoms with Gasteiger partial charge in [-0.3, -0.25) is 4.68 Å². The van der Waals surface area contributed by atoms with Gasteiger partial charge in [0, 0.05) is 37.9 Å². The first kappa shape index (κ1) is 15.8. The molecule has 5 heteroatoms. The van der Waals surface area contributed by atoms with E-state index in [0.29, 0.717) is 6.04 Å². The number of fused-ring (bicyclic) bond motifs is 1. The summed E-state index contributed by atoms with van der Waals surface area (Å²) in [5.41, 5.74) is 1.27. The molecule has 3 heterocycles. The van der Waals surface area contributed by atoms with Crippen LogP contribution in [0.5, 0.6) is 0 Å². The van der Waals surface area contributed by atoms with E-state index < -0.39 is 0 Å². The van der Waals surface area contributed by atoms with E-state index in [1.165, 1.54) is 43.3 Å². The first-order valence-electron chi connectivity index (χ1n) is 9.74. The molecule has 2 aromatic rings. The molecule has 1 aliphatic carbocycles. The topological polar surface area (TPSA) is 39.5 Å². The van der Waals surface area contributed by atoms with Crippen LogP contribution >= 0.6 is 0 Å². The zero-order valence-electron chi connectivity index (χ0n) is 14.8. The van der Waals surface area contributed by atoms with Crippen LogP contribution in [-0.2, 0) is 9.47 Å². The van der Waals surface area contributed by atoms with Crippen molar-refractivity contribution in [2.75, 3.05) is 32.8 Å². The fourth-order valence-electron chi connectivity index (χ4n) is 4.91. The molecule has 1 atom stereocenters. The highest BCUT2D eigenvalue weighted by Gasteiger charge is 2.40. The summed E-state index contributed by atoms with van der Waals surface area (Å²) in [7, 11) is 0. The van der Waals surface area contributed by atoms with Crippen molar-refractivity contribution in [2.24, 2.45) is 5.92 Å². The van der Waals surface area contributed by atoms with Gasteiger partial charge in [0.1, 0.15) is 0 Å². The van der Waals surface area contributed by atoms with Gasteiger partial charge in [0.05, 0.1) is 31.0 Å². The first-order valence-corrected chi connectivity index (χ1v) is 9.74. The van der Waals surface area contributed by atoms with E-state index in [-0.39, 0.29) is 5.79 Å². The average Bonchev–Trinajstić information content (AvgIpc) is 3.37. The highest BCUT2D eigenvalue weighted by molar-refractivity contribution is 5.78. The quantitative estimate of drug-likeness (QED) is 0.859. The van der Waals surface area contributed by atoms with E-state index >= 15 is 0 Å². The van der Waals surface area contributed by atoms with Crippen LogP contribution in [0.3, 0.4) is 0 Å². The summed E-state index contributed by atoms with van der Waals surface area (Å²) in [6.45, 7) is 5.08. The van der Waals surface area contributed by atoms with Crippen LogP contribution in [0.2, 0.25) is 0 Å². The summed E-state index contributed by atoms with van der Waals surface area (Å²) in [5.74, 6) is 0.560. The van der Waals surface area contributed by atoms with Crippen LogP contribution in [0.15, 0.2) is 30.5 Å². The van der Waals surface area contributed by atoms with Gasteiger partial charge in [0.25, 0.3) is 0 Å². The predicted molar refractivity (Wildman–Crippen MR) is 96.4 cm³/mol. The minimum Gasteiger partial charge on any atom is -0.348 e. The predicted octanol–water partition coefficient (Wildman–Crippen LogP) is 3.22. The molecule has 1 spiro atoms. The maximum absolute atomic E-state index is 5.86. The van der Waals surface area contributed by atoms with Gasteiger partial charge >= 0.3 is 0 Å². The van der Waals surface area contributed by atoms with Crippen molar-refractivity contribution in [1.29, 1.82) is 0 Å². The number of ether oxygens (including phenoxy) is 2. The Hall–Kier alpha value is -1.43. The Balaban J connectivity index is 1.19. The number of para-hydroxylation sites is 1. The van der Waals surface area contributed by atoms with Crippen LogP contribution in [0.4, 0.5) is 0 Å². The van der Waals surface area contributed by atoms with Gasteiger partial charge in [-0.1, -0.05) is 18.2 Å². The van der Waals surface area contributed by atoms with Gasteiger partial charge < -0.3 is 14.4 Å². The molecule has 5 nitrogen and oxygen atoms in total. The smallest absolute Gasteiger partial charge is 0.168 e. The van der Waals surface area contributed by atoms with Gasteiger partial charge in [-0.2, -0.15) is 5.10 Å². The fourth-order valence-corrected chi connectivity index (χ4v) is 4.91. The lowest BCUT2D eigenvalue weighted by Crippen LogP contribution is -2.38. The molecule has 25 heavy (non-hydrogen) atoms. The van der Waals surface area contributed by atoms with Gasteiger partial charge in [-0.15, -0.1) is 0 Å². The summed E-state index contributed by atoms with van der Waals surface area (Å²) in [6, 6.07) is 9.04. The fraction of sp³-hybridized carbons (Fsp3) is 0.650. The van der Waals surface area contributed by atoms with Crippen molar-refractivity contribution in [3.05, 3.63) is 30.5 Å². The second kappa shape index (κ2) is 6.38. The number of hydrogen-bond acceptors (Lipinski definition) is 4. The molecule has 1 saturated carbocycles. The van der Waals surface area contributed by atoms with E-state index in [2.05, 4.69) is 38.9 Å². The Morgan fingerprint density at radius 1 is 1.08 bits per heavy atom. The highest BCUT2D eigenvalue weighted by Crippen LogP contribution is 2.39. The van der Waals surface area contributed by atoms with Gasteiger partial charge in [0.15, 0.2) is 5.79 Å². The number of nitrogens with zero attached hydrogens (tertiary/aromatic N) is 3. The normalized spacial score (nSPS) is 27.6. The molecule has 0 N–H and O–H groups in total. The number of rotatable bonds is 3. The van der Waals surface area contributed by atoms with E-state index in [1.807, 2.05) is 6.20 Å². The Morgan fingerprint density at radius 3 is 2.72 bits per heavy atom. The zero-order valence-corrected chi connectivity index (χ0v) is 14.8. The van der Waals surface area contributed by atoms with Gasteiger partial charge in [0.2, 0.25) is 0 Å². The molecule has 0 radical (unpaired) electrons. The molecule has 1 aromatic heterocycles. The third-order valence-corrected chi connectivity index (χ3v) is 6.30. The van der Waals surface area contributed by atoms with Gasteiger partial charge in [-0.25, -0.2) is 0 Å². The minimum absolute atomic E-state index is 0.224. The van der Waals surface area contributed by atoms with Crippen molar-refractivity contribution < 1.29 is 9.47 Å². The molecule has 2 saturated heterocycles. The number of hydrogen-bond donors (Lipinski definition) is 0. The molecule has 0 unspecified atom stereocenters. The number of likely N-dealkylation sites (tertiary alicyclic amines) is 1. The van der Waals surface area contributed by atoms with Crippen LogP contribution < -0.4 is 0 Å². The highest BCUT2D eigenvalue weighted by atomic mass is 16.7. The van der Waals surface area contributed by atoms with E-state index in [1.54, 1.807) is 0 Å². The van der Waals surface area contributed by atoms with Gasteiger partial charge in [-0.05, 0) is 31.2 Å². The largest absolute Gasteiger partial charge is 0.348 e. The summed E-state index contributed by atoms with van der Waals surface area (Å²) in [6.07, 6.45) is 7.80. The monoisotopic (exact) mass is 341 g/mol. The zero-order chi connectivity index (χ0) is 16.7. The SMILES string of the molecule is c1ccc2c(c1)cnn2[C@@H]1CCN(CC2CCC3(CC2)OCCO3)C1. The maximum Gasteiger partial charge on any atom is 0.168 e. The van der Waals surface area contributed by atoms with Crippen LogP contribution in [-0.4, -0.2) is 53.3 Å². The molecule has 3 fully saturated rings. The van der Waals surface area contributed by atoms with Crippen molar-refractivity contribution in [2.45, 2.75) is 43.9 Å². The first-order chi connectivity index (χ1) is 12.3. The second-order valence-corrected chi connectivity index (χ2v) is 7.90. The Labute approximate surface area is 148 Å². The van der Waals surface area contributed by atoms with Crippen molar-refractivity contribution in [1.82, 2.24) is 14.7 Å². The average molecular weight is 341 g/mol. The second-order valence-electron chi connectivity index (χ2n) is 7.90. The van der Waals surface area contributed by atoms with Crippen LogP contribution in [0.25, 0.3) is 10.9 Å². The Kier molecular flexibility index (Phi) is 4.03. The van der Waals surface area contributed by atoms with Crippen LogP contribution in [0, 0.1) is 5.92 Å². The minimum atomic E-state index is -0.224. The number of benzene rings is 1. The molecule has 5 rings (SSSR count). The Morgan fingerprint density at radius 2 is 1.88 bits per heavy atom. The summed E-state index contributed by atoms with van der Waals surface area (Å²) in [5, 5.41) is 5.91. The van der Waals surface area contributed by atoms with Crippen molar-refractivity contribution >= 4 is 10.9 Å². The summed E-state index contributed by atoms with van der Waals surface area (Å²) in [4.78, 5) is 2.64. The van der Waals surface area contributed by atoms with E-state index in [0.717, 1.165) is 38.5 Å². The lowest BCUT2D eigenvalue weighted by Gasteiger charge is -2.36. The lowest BCUT2D eigenvalue weighted by molar-refractivity contribution is -0.183. The third-order valence-electron chi connectivity index (χ3n) is 6.30. The Bertz CT molecular complexity index is 727.